The summed E-state index contributed by atoms with van der Waals surface area (Å²) < 4.78 is 12.5. The predicted octanol–water partition coefficient (Wildman–Crippen LogP) is 2.95. The Morgan fingerprint density at radius 2 is 1.95 bits per heavy atom. The highest BCUT2D eigenvalue weighted by atomic mass is 32.1. The summed E-state index contributed by atoms with van der Waals surface area (Å²) in [5, 5.41) is 6.65. The monoisotopic (exact) mass is 291 g/mol. The third-order valence-electron chi connectivity index (χ3n) is 2.89. The number of methoxy groups -OCH3 is 2. The van der Waals surface area contributed by atoms with Crippen LogP contribution >= 0.6 is 11.3 Å². The Morgan fingerprint density at radius 3 is 2.60 bits per heavy atom. The first-order valence-electron chi connectivity index (χ1n) is 6.45. The normalized spacial score (nSPS) is 11.0. The van der Waals surface area contributed by atoms with Crippen LogP contribution in [0.2, 0.25) is 0 Å². The number of hydrogen-bond acceptors (Lipinski definition) is 4. The molecule has 4 nitrogen and oxygen atoms in total. The van der Waals surface area contributed by atoms with Gasteiger partial charge in [0.1, 0.15) is 0 Å². The minimum absolute atomic E-state index is 0.735. The van der Waals surface area contributed by atoms with Crippen molar-refractivity contribution in [2.24, 2.45) is 0 Å². The molecule has 106 valence electrons. The Kier molecular flexibility index (Phi) is 4.74. The minimum atomic E-state index is 0.735. The van der Waals surface area contributed by atoms with Gasteiger partial charge in [-0.25, -0.2) is 0 Å². The highest BCUT2D eigenvalue weighted by molar-refractivity contribution is 7.11. The number of aromatic nitrogens is 2. The fourth-order valence-corrected chi connectivity index (χ4v) is 2.77. The number of aryl methyl sites for hydroxylation is 2. The first kappa shape index (κ1) is 14.5. The van der Waals surface area contributed by atoms with Crippen molar-refractivity contribution in [2.45, 2.75) is 20.4 Å². The summed E-state index contributed by atoms with van der Waals surface area (Å²) >= 11 is 1.68. The van der Waals surface area contributed by atoms with Crippen LogP contribution in [-0.4, -0.2) is 19.3 Å². The van der Waals surface area contributed by atoms with E-state index < -0.39 is 0 Å². The second-order valence-electron chi connectivity index (χ2n) is 4.22. The van der Waals surface area contributed by atoms with E-state index in [0.717, 1.165) is 33.6 Å². The Bertz CT molecular complexity index is 620. The van der Waals surface area contributed by atoms with Crippen LogP contribution in [0.4, 0.5) is 0 Å². The van der Waals surface area contributed by atoms with E-state index in [1.54, 1.807) is 25.6 Å². The number of ether oxygens (including phenoxy) is 2. The SMILES string of the molecule is CC[n+]1nc(C)sc1/C=C/c1ccc(OC)c(OC)c1. The zero-order chi connectivity index (χ0) is 14.5. The van der Waals surface area contributed by atoms with Crippen LogP contribution in [0.15, 0.2) is 18.2 Å². The molecule has 0 bridgehead atoms. The molecule has 0 unspecified atom stereocenters. The molecule has 0 N–H and O–H groups in total. The van der Waals surface area contributed by atoms with Crippen LogP contribution in [0.25, 0.3) is 12.2 Å². The lowest BCUT2D eigenvalue weighted by Crippen LogP contribution is -2.36. The summed E-state index contributed by atoms with van der Waals surface area (Å²) in [4.78, 5) is 0. The topological polar surface area (TPSA) is 35.2 Å². The van der Waals surface area contributed by atoms with Crippen molar-refractivity contribution in [3.63, 3.8) is 0 Å². The van der Waals surface area contributed by atoms with Crippen molar-refractivity contribution in [2.75, 3.05) is 14.2 Å². The van der Waals surface area contributed by atoms with Gasteiger partial charge in [0.15, 0.2) is 23.1 Å². The predicted molar refractivity (Wildman–Crippen MR) is 81.2 cm³/mol. The zero-order valence-corrected chi connectivity index (χ0v) is 13.0. The molecular formula is C15H19N2O2S+. The maximum Gasteiger partial charge on any atom is 0.289 e. The average Bonchev–Trinajstić information content (AvgIpc) is 2.84. The summed E-state index contributed by atoms with van der Waals surface area (Å²) in [5.41, 5.74) is 1.07. The van der Waals surface area contributed by atoms with E-state index in [1.807, 2.05) is 29.8 Å². The molecule has 20 heavy (non-hydrogen) atoms. The maximum absolute atomic E-state index is 5.30. The summed E-state index contributed by atoms with van der Waals surface area (Å²) in [6.07, 6.45) is 4.14. The fourth-order valence-electron chi connectivity index (χ4n) is 1.91. The first-order chi connectivity index (χ1) is 9.67. The van der Waals surface area contributed by atoms with Crippen LogP contribution in [0.3, 0.4) is 0 Å². The van der Waals surface area contributed by atoms with E-state index in [4.69, 9.17) is 9.47 Å². The molecule has 2 aromatic rings. The molecule has 0 radical (unpaired) electrons. The highest BCUT2D eigenvalue weighted by Gasteiger charge is 2.12. The molecular weight excluding hydrogens is 272 g/mol. The summed E-state index contributed by atoms with van der Waals surface area (Å²) in [6.45, 7) is 4.98. The van der Waals surface area contributed by atoms with Crippen molar-refractivity contribution in [1.82, 2.24) is 5.10 Å². The van der Waals surface area contributed by atoms with Crippen molar-refractivity contribution in [1.29, 1.82) is 0 Å². The van der Waals surface area contributed by atoms with Gasteiger partial charge in [-0.3, -0.25) is 0 Å². The second-order valence-corrected chi connectivity index (χ2v) is 5.44. The molecule has 0 saturated carbocycles. The van der Waals surface area contributed by atoms with E-state index in [-0.39, 0.29) is 0 Å². The molecule has 0 spiro atoms. The van der Waals surface area contributed by atoms with E-state index in [9.17, 15) is 0 Å². The smallest absolute Gasteiger partial charge is 0.289 e. The maximum atomic E-state index is 5.30. The number of hydrogen-bond donors (Lipinski definition) is 0. The van der Waals surface area contributed by atoms with Crippen LogP contribution < -0.4 is 14.2 Å². The third-order valence-corrected chi connectivity index (χ3v) is 3.83. The molecule has 0 atom stereocenters. The van der Waals surface area contributed by atoms with Crippen molar-refractivity contribution in [3.8, 4) is 11.5 Å². The van der Waals surface area contributed by atoms with Crippen LogP contribution in [-0.2, 0) is 6.54 Å². The van der Waals surface area contributed by atoms with Gasteiger partial charge in [-0.15, -0.1) is 0 Å². The van der Waals surface area contributed by atoms with Gasteiger partial charge in [0, 0.05) is 11.2 Å². The van der Waals surface area contributed by atoms with Crippen LogP contribution in [0.5, 0.6) is 11.5 Å². The van der Waals surface area contributed by atoms with Gasteiger partial charge in [0.25, 0.3) is 5.01 Å². The molecule has 1 aromatic carbocycles. The van der Waals surface area contributed by atoms with Crippen molar-refractivity contribution >= 4 is 23.5 Å². The standard InChI is InChI=1S/C15H19N2O2S/c1-5-17-15(20-11(2)16-17)9-7-12-6-8-13(18-3)14(10-12)19-4/h6-10H,5H2,1-4H3/q+1/b9-7+. The molecule has 0 saturated heterocycles. The van der Waals surface area contributed by atoms with Crippen LogP contribution in [0.1, 0.15) is 22.5 Å². The van der Waals surface area contributed by atoms with E-state index >= 15 is 0 Å². The van der Waals surface area contributed by atoms with Gasteiger partial charge in [0.2, 0.25) is 0 Å². The summed E-state index contributed by atoms with van der Waals surface area (Å²) in [6, 6.07) is 5.87. The molecule has 2 rings (SSSR count). The van der Waals surface area contributed by atoms with Gasteiger partial charge in [-0.05, 0) is 49.0 Å². The van der Waals surface area contributed by atoms with Gasteiger partial charge in [0.05, 0.1) is 14.2 Å². The zero-order valence-electron chi connectivity index (χ0n) is 12.2. The Morgan fingerprint density at radius 1 is 1.20 bits per heavy atom. The molecule has 5 heteroatoms. The summed E-state index contributed by atoms with van der Waals surface area (Å²) in [5.74, 6) is 1.47. The van der Waals surface area contributed by atoms with E-state index in [0.29, 0.717) is 0 Å². The Hall–Kier alpha value is -1.88. The lowest BCUT2D eigenvalue weighted by Gasteiger charge is -2.07. The third kappa shape index (κ3) is 3.17. The first-order valence-corrected chi connectivity index (χ1v) is 7.27. The lowest BCUT2D eigenvalue weighted by molar-refractivity contribution is -0.747. The van der Waals surface area contributed by atoms with Gasteiger partial charge in [-0.2, -0.15) is 0 Å². The molecule has 1 heterocycles. The van der Waals surface area contributed by atoms with E-state index in [2.05, 4.69) is 24.2 Å². The summed E-state index contributed by atoms with van der Waals surface area (Å²) in [7, 11) is 3.28. The molecule has 0 aliphatic carbocycles. The average molecular weight is 291 g/mol. The minimum Gasteiger partial charge on any atom is -0.493 e. The Labute approximate surface area is 123 Å². The van der Waals surface area contributed by atoms with Gasteiger partial charge in [-0.1, -0.05) is 10.7 Å². The molecule has 0 aliphatic rings. The Balaban J connectivity index is 2.27. The van der Waals surface area contributed by atoms with E-state index in [1.165, 1.54) is 0 Å². The van der Waals surface area contributed by atoms with Crippen LogP contribution in [0, 0.1) is 6.92 Å². The number of nitrogens with zero attached hydrogens (tertiary/aromatic N) is 2. The fraction of sp³-hybridized carbons (Fsp3) is 0.333. The quantitative estimate of drug-likeness (QED) is 0.795. The van der Waals surface area contributed by atoms with Gasteiger partial charge >= 0.3 is 0 Å². The molecule has 0 amide bonds. The van der Waals surface area contributed by atoms with Crippen molar-refractivity contribution < 1.29 is 14.2 Å². The largest absolute Gasteiger partial charge is 0.493 e. The molecule has 1 aromatic heterocycles. The van der Waals surface area contributed by atoms with Gasteiger partial charge < -0.3 is 9.47 Å². The molecule has 0 fully saturated rings. The molecule has 0 aliphatic heterocycles. The lowest BCUT2D eigenvalue weighted by atomic mass is 10.2. The van der Waals surface area contributed by atoms with Crippen molar-refractivity contribution in [3.05, 3.63) is 33.8 Å². The number of rotatable bonds is 5. The second kappa shape index (κ2) is 6.52. The number of benzene rings is 1. The highest BCUT2D eigenvalue weighted by Crippen LogP contribution is 2.28.